The highest BCUT2D eigenvalue weighted by atomic mass is 19.4. The van der Waals surface area contributed by atoms with Crippen molar-refractivity contribution in [2.45, 2.75) is 32.0 Å². The summed E-state index contributed by atoms with van der Waals surface area (Å²) in [6.07, 6.45) is -3.30. The first-order valence-electron chi connectivity index (χ1n) is 7.64. The van der Waals surface area contributed by atoms with Gasteiger partial charge >= 0.3 is 6.18 Å². The number of hydrogen-bond acceptors (Lipinski definition) is 3. The van der Waals surface area contributed by atoms with Crippen LogP contribution in [-0.2, 0) is 6.18 Å². The normalized spacial score (nSPS) is 17.3. The summed E-state index contributed by atoms with van der Waals surface area (Å²) in [5, 5.41) is 12.1. The molecule has 1 aliphatic heterocycles. The van der Waals surface area contributed by atoms with Gasteiger partial charge in [-0.1, -0.05) is 6.07 Å². The van der Waals surface area contributed by atoms with Crippen LogP contribution in [0.2, 0.25) is 0 Å². The van der Waals surface area contributed by atoms with Crippen LogP contribution in [0.25, 0.3) is 0 Å². The number of halogens is 3. The average Bonchev–Trinajstić information content (AvgIpc) is 2.48. The third-order valence-electron chi connectivity index (χ3n) is 4.08. The van der Waals surface area contributed by atoms with E-state index in [0.29, 0.717) is 31.5 Å². The monoisotopic (exact) mass is 330 g/mol. The molecule has 0 aromatic heterocycles. The van der Waals surface area contributed by atoms with E-state index in [0.717, 1.165) is 25.2 Å². The van der Waals surface area contributed by atoms with Crippen LogP contribution in [0.4, 0.5) is 13.2 Å². The molecule has 2 N–H and O–H groups in total. The molecular weight excluding hydrogens is 309 g/mol. The number of aliphatic hydroxyl groups excluding tert-OH is 1. The Morgan fingerprint density at radius 3 is 2.61 bits per heavy atom. The van der Waals surface area contributed by atoms with E-state index in [1.54, 1.807) is 6.92 Å². The molecule has 0 radical (unpaired) electrons. The lowest BCUT2D eigenvalue weighted by Crippen LogP contribution is -2.40. The van der Waals surface area contributed by atoms with E-state index >= 15 is 0 Å². The van der Waals surface area contributed by atoms with Crippen molar-refractivity contribution < 1.29 is 23.1 Å². The number of nitrogens with zero attached hydrogens (tertiary/aromatic N) is 1. The third-order valence-corrected chi connectivity index (χ3v) is 4.08. The zero-order valence-corrected chi connectivity index (χ0v) is 13.0. The lowest BCUT2D eigenvalue weighted by Gasteiger charge is -2.29. The maximum absolute atomic E-state index is 12.7. The van der Waals surface area contributed by atoms with Gasteiger partial charge in [0.1, 0.15) is 0 Å². The molecule has 23 heavy (non-hydrogen) atoms. The second-order valence-electron chi connectivity index (χ2n) is 5.86. The summed E-state index contributed by atoms with van der Waals surface area (Å²) < 4.78 is 38.2. The lowest BCUT2D eigenvalue weighted by atomic mass is 10.0. The summed E-state index contributed by atoms with van der Waals surface area (Å²) in [6.45, 7) is 4.13. The summed E-state index contributed by atoms with van der Waals surface area (Å²) in [7, 11) is 0. The number of aryl methyl sites for hydroxylation is 1. The Balaban J connectivity index is 1.90. The van der Waals surface area contributed by atoms with Crippen molar-refractivity contribution in [1.82, 2.24) is 10.2 Å². The molecule has 1 amide bonds. The maximum atomic E-state index is 12.7. The van der Waals surface area contributed by atoms with Crippen molar-refractivity contribution in [3.05, 3.63) is 34.9 Å². The van der Waals surface area contributed by atoms with Crippen LogP contribution < -0.4 is 5.32 Å². The number of nitrogens with one attached hydrogen (secondary N) is 1. The van der Waals surface area contributed by atoms with Crippen molar-refractivity contribution in [2.75, 3.05) is 26.2 Å². The Labute approximate surface area is 133 Å². The van der Waals surface area contributed by atoms with Gasteiger partial charge in [-0.25, -0.2) is 0 Å². The Kier molecular flexibility index (Phi) is 5.64. The lowest BCUT2D eigenvalue weighted by molar-refractivity contribution is -0.137. The van der Waals surface area contributed by atoms with Crippen molar-refractivity contribution >= 4 is 5.91 Å². The SMILES string of the molecule is Cc1ccc(C(F)(F)F)cc1C(=O)NCCN1CCC(O)CC1. The van der Waals surface area contributed by atoms with Gasteiger partial charge in [0.05, 0.1) is 11.7 Å². The predicted octanol–water partition coefficient (Wildman–Crippen LogP) is 2.20. The Morgan fingerprint density at radius 2 is 2.00 bits per heavy atom. The molecule has 128 valence electrons. The van der Waals surface area contributed by atoms with E-state index in [2.05, 4.69) is 10.2 Å². The fraction of sp³-hybridized carbons (Fsp3) is 0.562. The number of amides is 1. The highest BCUT2D eigenvalue weighted by molar-refractivity contribution is 5.95. The molecule has 1 fully saturated rings. The van der Waals surface area contributed by atoms with E-state index in [-0.39, 0.29) is 11.7 Å². The highest BCUT2D eigenvalue weighted by Gasteiger charge is 2.31. The molecule has 0 aliphatic carbocycles. The summed E-state index contributed by atoms with van der Waals surface area (Å²) in [5.74, 6) is -0.495. The zero-order valence-electron chi connectivity index (χ0n) is 13.0. The molecule has 2 rings (SSSR count). The van der Waals surface area contributed by atoms with Crippen LogP contribution in [0.5, 0.6) is 0 Å². The smallest absolute Gasteiger partial charge is 0.393 e. The third kappa shape index (κ3) is 4.94. The minimum absolute atomic E-state index is 0.0499. The van der Waals surface area contributed by atoms with Crippen LogP contribution in [0.15, 0.2) is 18.2 Å². The van der Waals surface area contributed by atoms with Gasteiger partial charge < -0.3 is 15.3 Å². The van der Waals surface area contributed by atoms with Crippen LogP contribution in [0.3, 0.4) is 0 Å². The molecule has 1 aromatic rings. The molecule has 4 nitrogen and oxygen atoms in total. The quantitative estimate of drug-likeness (QED) is 0.890. The molecule has 1 saturated heterocycles. The molecular formula is C16H21F3N2O2. The number of hydrogen-bond donors (Lipinski definition) is 2. The largest absolute Gasteiger partial charge is 0.416 e. The van der Waals surface area contributed by atoms with Crippen molar-refractivity contribution in [3.63, 3.8) is 0 Å². The minimum Gasteiger partial charge on any atom is -0.393 e. The van der Waals surface area contributed by atoms with Gasteiger partial charge in [0.2, 0.25) is 0 Å². The van der Waals surface area contributed by atoms with Crippen LogP contribution in [-0.4, -0.2) is 48.2 Å². The second-order valence-corrected chi connectivity index (χ2v) is 5.86. The molecule has 1 aliphatic rings. The van der Waals surface area contributed by atoms with Gasteiger partial charge in [-0.3, -0.25) is 4.79 Å². The fourth-order valence-electron chi connectivity index (χ4n) is 2.61. The molecule has 0 bridgehead atoms. The molecule has 0 spiro atoms. The topological polar surface area (TPSA) is 52.6 Å². The fourth-order valence-corrected chi connectivity index (χ4v) is 2.61. The van der Waals surface area contributed by atoms with E-state index < -0.39 is 17.6 Å². The first kappa shape index (κ1) is 17.7. The first-order valence-corrected chi connectivity index (χ1v) is 7.64. The van der Waals surface area contributed by atoms with Crippen LogP contribution in [0, 0.1) is 6.92 Å². The summed E-state index contributed by atoms with van der Waals surface area (Å²) in [6, 6.07) is 3.18. The van der Waals surface area contributed by atoms with Gasteiger partial charge in [0, 0.05) is 31.7 Å². The van der Waals surface area contributed by atoms with Gasteiger partial charge in [-0.2, -0.15) is 13.2 Å². The number of carbonyl (C=O) groups excluding carboxylic acids is 1. The van der Waals surface area contributed by atoms with Crippen molar-refractivity contribution in [3.8, 4) is 0 Å². The molecule has 0 atom stereocenters. The summed E-state index contributed by atoms with van der Waals surface area (Å²) in [4.78, 5) is 14.2. The van der Waals surface area contributed by atoms with Crippen LogP contribution in [0.1, 0.15) is 34.3 Å². The number of alkyl halides is 3. The maximum Gasteiger partial charge on any atom is 0.416 e. The average molecular weight is 330 g/mol. The molecule has 1 aromatic carbocycles. The number of likely N-dealkylation sites (tertiary alicyclic amines) is 1. The number of benzene rings is 1. The van der Waals surface area contributed by atoms with Crippen molar-refractivity contribution in [1.29, 1.82) is 0 Å². The number of rotatable bonds is 4. The first-order chi connectivity index (χ1) is 10.8. The second kappa shape index (κ2) is 7.31. The molecule has 0 saturated carbocycles. The standard InChI is InChI=1S/C16H21F3N2O2/c1-11-2-3-12(16(17,18)19)10-14(11)15(23)20-6-9-21-7-4-13(22)5-8-21/h2-3,10,13,22H,4-9H2,1H3,(H,20,23). The molecule has 0 unspecified atom stereocenters. The predicted molar refractivity (Wildman–Crippen MR) is 80.2 cm³/mol. The summed E-state index contributed by atoms with van der Waals surface area (Å²) in [5.41, 5.74) is -0.260. The van der Waals surface area contributed by atoms with E-state index in [1.165, 1.54) is 6.07 Å². The Morgan fingerprint density at radius 1 is 1.35 bits per heavy atom. The number of aliphatic hydroxyl groups is 1. The van der Waals surface area contributed by atoms with E-state index in [9.17, 15) is 23.1 Å². The summed E-state index contributed by atoms with van der Waals surface area (Å²) >= 11 is 0. The molecule has 7 heteroatoms. The Hall–Kier alpha value is -1.60. The van der Waals surface area contributed by atoms with Gasteiger partial charge in [-0.05, 0) is 37.5 Å². The number of carbonyl (C=O) groups is 1. The van der Waals surface area contributed by atoms with Crippen molar-refractivity contribution in [2.24, 2.45) is 0 Å². The van der Waals surface area contributed by atoms with E-state index in [1.807, 2.05) is 0 Å². The Bertz CT molecular complexity index is 553. The van der Waals surface area contributed by atoms with Gasteiger partial charge in [0.25, 0.3) is 5.91 Å². The van der Waals surface area contributed by atoms with Crippen LogP contribution >= 0.6 is 0 Å². The minimum atomic E-state index is -4.46. The van der Waals surface area contributed by atoms with Gasteiger partial charge in [0.15, 0.2) is 0 Å². The molecule has 1 heterocycles. The zero-order chi connectivity index (χ0) is 17.0. The number of piperidine rings is 1. The van der Waals surface area contributed by atoms with Gasteiger partial charge in [-0.15, -0.1) is 0 Å². The highest BCUT2D eigenvalue weighted by Crippen LogP contribution is 2.30. The van der Waals surface area contributed by atoms with E-state index in [4.69, 9.17) is 0 Å².